The van der Waals surface area contributed by atoms with Crippen LogP contribution in [-0.2, 0) is 6.54 Å². The Balaban J connectivity index is 1.13. The van der Waals surface area contributed by atoms with Gasteiger partial charge >= 0.3 is 0 Å². The number of amidine groups is 2. The summed E-state index contributed by atoms with van der Waals surface area (Å²) in [6.45, 7) is 4.45. The van der Waals surface area contributed by atoms with Crippen LogP contribution in [0.4, 0.5) is 11.4 Å². The van der Waals surface area contributed by atoms with Crippen molar-refractivity contribution in [2.24, 2.45) is 15.0 Å². The summed E-state index contributed by atoms with van der Waals surface area (Å²) in [6.07, 6.45) is 6.37. The van der Waals surface area contributed by atoms with Gasteiger partial charge in [0.25, 0.3) is 0 Å². The molecule has 0 saturated carbocycles. The number of benzene rings is 7. The van der Waals surface area contributed by atoms with E-state index in [-0.39, 0.29) is 0 Å². The van der Waals surface area contributed by atoms with E-state index in [0.29, 0.717) is 18.2 Å². The second-order valence-electron chi connectivity index (χ2n) is 14.0. The number of furan rings is 1. The van der Waals surface area contributed by atoms with E-state index in [0.717, 1.165) is 62.8 Å². The van der Waals surface area contributed by atoms with Gasteiger partial charge in [-0.25, -0.2) is 9.98 Å². The van der Waals surface area contributed by atoms with Gasteiger partial charge in [0.1, 0.15) is 11.2 Å². The number of fused-ring (bicyclic) bond motifs is 3. The largest absolute Gasteiger partial charge is 0.456 e. The number of hydrogen-bond donors (Lipinski definition) is 0. The molecule has 0 bridgehead atoms. The summed E-state index contributed by atoms with van der Waals surface area (Å²) < 4.78 is 6.64. The van der Waals surface area contributed by atoms with Crippen LogP contribution in [0.25, 0.3) is 38.6 Å². The van der Waals surface area contributed by atoms with E-state index >= 15 is 0 Å². The Morgan fingerprint density at radius 1 is 0.561 bits per heavy atom. The molecule has 274 valence electrons. The van der Waals surface area contributed by atoms with Gasteiger partial charge in [0.15, 0.2) is 11.7 Å². The molecule has 0 fully saturated rings. The van der Waals surface area contributed by atoms with Crippen molar-refractivity contribution < 1.29 is 4.42 Å². The third-order valence-electron chi connectivity index (χ3n) is 10.4. The van der Waals surface area contributed by atoms with Gasteiger partial charge in [-0.05, 0) is 83.8 Å². The summed E-state index contributed by atoms with van der Waals surface area (Å²) in [5, 5.41) is 1.91. The first-order chi connectivity index (χ1) is 28.2. The molecule has 57 heavy (non-hydrogen) atoms. The summed E-state index contributed by atoms with van der Waals surface area (Å²) in [6, 6.07) is 62.7. The van der Waals surface area contributed by atoms with Crippen LogP contribution in [0.3, 0.4) is 0 Å². The maximum atomic E-state index is 6.64. The molecule has 7 aromatic carbocycles. The lowest BCUT2D eigenvalue weighted by molar-refractivity contribution is 0.669. The number of nitrogens with zero attached hydrogens (tertiary/aromatic N) is 4. The lowest BCUT2D eigenvalue weighted by Gasteiger charge is -2.30. The zero-order valence-corrected chi connectivity index (χ0v) is 31.5. The summed E-state index contributed by atoms with van der Waals surface area (Å²) in [5.41, 5.74) is 12.7. The molecule has 0 amide bonds. The normalized spacial score (nSPS) is 13.3. The minimum absolute atomic E-state index is 0.483. The molecule has 0 spiro atoms. The molecule has 5 heteroatoms. The van der Waals surface area contributed by atoms with Crippen molar-refractivity contribution >= 4 is 57.3 Å². The standard InChI is InChI=1S/C52H40N4O/c1-53-52(55-51(42-21-12-5-13-22-42)54-36-37-15-6-2-7-16-37)47-23-14-24-48-50(47)46-34-33-45(35-49(46)57-48)56(43-29-25-40(26-30-43)38-17-8-3-9-18-38)44-31-27-41(28-32-44)39-19-10-4-11-20-39/h2-27,29-31,33-35H,1,28,32,36H2. The molecule has 0 aliphatic heterocycles. The van der Waals surface area contributed by atoms with Gasteiger partial charge in [-0.1, -0.05) is 152 Å². The first-order valence-corrected chi connectivity index (χ1v) is 19.3. The topological polar surface area (TPSA) is 53.5 Å². The van der Waals surface area contributed by atoms with Crippen molar-refractivity contribution in [1.29, 1.82) is 0 Å². The Kier molecular flexibility index (Phi) is 10.0. The third-order valence-corrected chi connectivity index (χ3v) is 10.4. The van der Waals surface area contributed by atoms with Crippen molar-refractivity contribution in [3.63, 3.8) is 0 Å². The van der Waals surface area contributed by atoms with E-state index in [1.54, 1.807) is 0 Å². The number of anilines is 2. The molecule has 9 rings (SSSR count). The fraction of sp³-hybridized carbons (Fsp3) is 0.0577. The lowest BCUT2D eigenvalue weighted by Crippen LogP contribution is -2.17. The quantitative estimate of drug-likeness (QED) is 0.109. The molecule has 1 aliphatic carbocycles. The smallest absolute Gasteiger partial charge is 0.161 e. The Morgan fingerprint density at radius 3 is 1.89 bits per heavy atom. The van der Waals surface area contributed by atoms with Gasteiger partial charge in [0.05, 0.1) is 6.54 Å². The van der Waals surface area contributed by atoms with Gasteiger partial charge < -0.3 is 9.32 Å². The fourth-order valence-electron chi connectivity index (χ4n) is 7.57. The molecule has 0 unspecified atom stereocenters. The van der Waals surface area contributed by atoms with E-state index in [1.165, 1.54) is 28.0 Å². The zero-order valence-electron chi connectivity index (χ0n) is 31.5. The van der Waals surface area contributed by atoms with E-state index in [2.05, 4.69) is 144 Å². The van der Waals surface area contributed by atoms with Crippen LogP contribution in [0.1, 0.15) is 35.1 Å². The second kappa shape index (κ2) is 16.2. The van der Waals surface area contributed by atoms with E-state index in [9.17, 15) is 0 Å². The second-order valence-corrected chi connectivity index (χ2v) is 14.0. The van der Waals surface area contributed by atoms with Crippen LogP contribution in [-0.4, -0.2) is 18.4 Å². The van der Waals surface area contributed by atoms with Crippen LogP contribution in [0.5, 0.6) is 0 Å². The van der Waals surface area contributed by atoms with Gasteiger partial charge in [0.2, 0.25) is 0 Å². The van der Waals surface area contributed by atoms with E-state index in [1.807, 2.05) is 66.7 Å². The summed E-state index contributed by atoms with van der Waals surface area (Å²) >= 11 is 0. The maximum Gasteiger partial charge on any atom is 0.161 e. The highest BCUT2D eigenvalue weighted by atomic mass is 16.3. The Hall–Kier alpha value is -7.37. The number of aliphatic imine (C=N–C) groups is 3. The first-order valence-electron chi connectivity index (χ1n) is 19.3. The third kappa shape index (κ3) is 7.51. The van der Waals surface area contributed by atoms with Crippen LogP contribution in [0, 0.1) is 0 Å². The highest BCUT2D eigenvalue weighted by Gasteiger charge is 2.21. The average molecular weight is 737 g/mol. The Bertz CT molecular complexity index is 2800. The molecule has 5 nitrogen and oxygen atoms in total. The average Bonchev–Trinajstić information content (AvgIpc) is 3.67. The molecule has 0 radical (unpaired) electrons. The molecular weight excluding hydrogens is 697 g/mol. The van der Waals surface area contributed by atoms with Crippen LogP contribution in [0.15, 0.2) is 219 Å². The summed E-state index contributed by atoms with van der Waals surface area (Å²) in [5.74, 6) is 1.07. The van der Waals surface area contributed by atoms with Gasteiger partial charge in [-0.3, -0.25) is 4.99 Å². The Labute approximate surface area is 333 Å². The highest BCUT2D eigenvalue weighted by Crippen LogP contribution is 2.40. The minimum Gasteiger partial charge on any atom is -0.456 e. The first kappa shape index (κ1) is 35.3. The molecule has 0 N–H and O–H groups in total. The monoisotopic (exact) mass is 736 g/mol. The maximum absolute atomic E-state index is 6.64. The molecule has 1 aromatic heterocycles. The highest BCUT2D eigenvalue weighted by molar-refractivity contribution is 6.22. The van der Waals surface area contributed by atoms with Crippen molar-refractivity contribution in [2.75, 3.05) is 4.90 Å². The molecule has 0 saturated heterocycles. The van der Waals surface area contributed by atoms with Crippen LogP contribution < -0.4 is 4.90 Å². The molecule has 1 heterocycles. The van der Waals surface area contributed by atoms with Crippen molar-refractivity contribution in [2.45, 2.75) is 19.4 Å². The molecular formula is C52H40N4O. The summed E-state index contributed by atoms with van der Waals surface area (Å²) in [4.78, 5) is 16.9. The lowest BCUT2D eigenvalue weighted by atomic mass is 9.95. The fourth-order valence-corrected chi connectivity index (χ4v) is 7.57. The number of rotatable bonds is 9. The van der Waals surface area contributed by atoms with E-state index in [4.69, 9.17) is 14.4 Å². The van der Waals surface area contributed by atoms with Crippen LogP contribution >= 0.6 is 0 Å². The molecule has 8 aromatic rings. The van der Waals surface area contributed by atoms with Gasteiger partial charge in [-0.2, -0.15) is 0 Å². The predicted octanol–water partition coefficient (Wildman–Crippen LogP) is 13.2. The molecule has 1 aliphatic rings. The Morgan fingerprint density at radius 2 is 1.21 bits per heavy atom. The van der Waals surface area contributed by atoms with Crippen molar-refractivity contribution in [3.8, 4) is 11.1 Å². The summed E-state index contributed by atoms with van der Waals surface area (Å²) in [7, 11) is 0. The van der Waals surface area contributed by atoms with Crippen molar-refractivity contribution in [3.05, 3.63) is 222 Å². The van der Waals surface area contributed by atoms with E-state index < -0.39 is 0 Å². The van der Waals surface area contributed by atoms with Gasteiger partial charge in [0, 0.05) is 45.0 Å². The predicted molar refractivity (Wildman–Crippen MR) is 239 cm³/mol. The minimum atomic E-state index is 0.483. The van der Waals surface area contributed by atoms with Gasteiger partial charge in [-0.15, -0.1) is 0 Å². The number of allylic oxidation sites excluding steroid dienone is 4. The molecule has 0 atom stereocenters. The zero-order chi connectivity index (χ0) is 38.4. The van der Waals surface area contributed by atoms with Crippen LogP contribution in [0.2, 0.25) is 0 Å². The SMILES string of the molecule is C=NC(=NC(=NCc1ccccc1)c1ccccc1)c1cccc2oc3cc(N(C4=CC=C(c5ccccc5)CC4)c4ccc(-c5ccccc5)cc4)ccc3c12. The van der Waals surface area contributed by atoms with Crippen molar-refractivity contribution in [1.82, 2.24) is 0 Å². The number of hydrogen-bond acceptors (Lipinski definition) is 3.